The Balaban J connectivity index is 2.42. The number of nitrogens with zero attached hydrogens (tertiary/aromatic N) is 3. The van der Waals surface area contributed by atoms with Crippen molar-refractivity contribution in [3.05, 3.63) is 29.0 Å². The van der Waals surface area contributed by atoms with E-state index in [2.05, 4.69) is 10.6 Å². The molecule has 0 aromatic heterocycles. The molecule has 7 heteroatoms. The molecule has 21 heavy (non-hydrogen) atoms. The third kappa shape index (κ3) is 2.75. The third-order valence-electron chi connectivity index (χ3n) is 2.75. The number of amides is 1. The van der Waals surface area contributed by atoms with Gasteiger partial charge in [0, 0.05) is 5.69 Å². The number of fused-ring (bicyclic) bond motifs is 1. The molecule has 1 heterocycles. The van der Waals surface area contributed by atoms with Crippen LogP contribution in [0.3, 0.4) is 0 Å². The highest BCUT2D eigenvalue weighted by atomic mass is 16.5. The summed E-state index contributed by atoms with van der Waals surface area (Å²) in [5.41, 5.74) is 1.23. The van der Waals surface area contributed by atoms with Gasteiger partial charge in [0.25, 0.3) is 5.91 Å². The Morgan fingerprint density at radius 2 is 2.00 bits per heavy atom. The fraction of sp³-hybridized carbons (Fsp3) is 0.143. The summed E-state index contributed by atoms with van der Waals surface area (Å²) >= 11 is 0. The number of carbonyl (C=O) groups excluding carboxylic acids is 1. The first-order chi connectivity index (χ1) is 10.1. The molecule has 0 aliphatic carbocycles. The second kappa shape index (κ2) is 5.64. The van der Waals surface area contributed by atoms with Crippen molar-refractivity contribution in [1.29, 1.82) is 15.8 Å². The lowest BCUT2D eigenvalue weighted by Crippen LogP contribution is -2.26. The Hall–Kier alpha value is -3.50. The van der Waals surface area contributed by atoms with Crippen molar-refractivity contribution < 1.29 is 9.53 Å². The first-order valence-electron chi connectivity index (χ1n) is 5.88. The van der Waals surface area contributed by atoms with E-state index >= 15 is 0 Å². The second-order valence-corrected chi connectivity index (χ2v) is 4.22. The van der Waals surface area contributed by atoms with Gasteiger partial charge >= 0.3 is 0 Å². The van der Waals surface area contributed by atoms with Crippen LogP contribution in [0.1, 0.15) is 5.56 Å². The molecule has 102 valence electrons. The van der Waals surface area contributed by atoms with E-state index in [1.54, 1.807) is 37.3 Å². The summed E-state index contributed by atoms with van der Waals surface area (Å²) in [4.78, 5) is 11.3. The summed E-state index contributed by atoms with van der Waals surface area (Å²) < 4.78 is 5.32. The number of ether oxygens (including phenoxy) is 1. The van der Waals surface area contributed by atoms with E-state index in [-0.39, 0.29) is 23.8 Å². The van der Waals surface area contributed by atoms with Gasteiger partial charge < -0.3 is 15.4 Å². The SMILES string of the molecule is Cc1cc(NC(C#N)=C(C#N)C#N)cc2c1OCC(=O)N2. The number of nitrogens with one attached hydrogen (secondary N) is 2. The number of anilines is 2. The number of aryl methyl sites for hydroxylation is 1. The lowest BCUT2D eigenvalue weighted by molar-refractivity contribution is -0.118. The molecule has 7 nitrogen and oxygen atoms in total. The van der Waals surface area contributed by atoms with Gasteiger partial charge in [-0.15, -0.1) is 0 Å². The van der Waals surface area contributed by atoms with E-state index in [0.717, 1.165) is 5.56 Å². The van der Waals surface area contributed by atoms with Gasteiger partial charge in [0.05, 0.1) is 5.69 Å². The van der Waals surface area contributed by atoms with Gasteiger partial charge in [0.1, 0.15) is 29.7 Å². The molecule has 2 N–H and O–H groups in total. The molecule has 0 fully saturated rings. The smallest absolute Gasteiger partial charge is 0.262 e. The quantitative estimate of drug-likeness (QED) is 0.792. The first kappa shape index (κ1) is 13.9. The van der Waals surface area contributed by atoms with Crippen LogP contribution in [0.4, 0.5) is 11.4 Å². The number of carbonyl (C=O) groups is 1. The molecule has 0 unspecified atom stereocenters. The minimum Gasteiger partial charge on any atom is -0.481 e. The Bertz CT molecular complexity index is 758. The van der Waals surface area contributed by atoms with E-state index in [4.69, 9.17) is 20.5 Å². The van der Waals surface area contributed by atoms with Crippen molar-refractivity contribution in [1.82, 2.24) is 0 Å². The lowest BCUT2D eigenvalue weighted by atomic mass is 10.1. The molecule has 1 aromatic rings. The molecular weight excluding hydrogens is 270 g/mol. The van der Waals surface area contributed by atoms with Crippen molar-refractivity contribution in [2.24, 2.45) is 0 Å². The Morgan fingerprint density at radius 1 is 1.29 bits per heavy atom. The van der Waals surface area contributed by atoms with Crippen molar-refractivity contribution in [2.45, 2.75) is 6.92 Å². The van der Waals surface area contributed by atoms with Crippen molar-refractivity contribution in [3.63, 3.8) is 0 Å². The van der Waals surface area contributed by atoms with Crippen LogP contribution in [0, 0.1) is 40.9 Å². The average molecular weight is 279 g/mol. The Kier molecular flexibility index (Phi) is 3.74. The normalized spacial score (nSPS) is 11.6. The highest BCUT2D eigenvalue weighted by molar-refractivity contribution is 5.96. The number of benzene rings is 1. The topological polar surface area (TPSA) is 122 Å². The monoisotopic (exact) mass is 279 g/mol. The van der Waals surface area contributed by atoms with Gasteiger partial charge in [-0.05, 0) is 24.6 Å². The van der Waals surface area contributed by atoms with Crippen LogP contribution in [-0.4, -0.2) is 12.5 Å². The predicted molar refractivity (Wildman–Crippen MR) is 72.8 cm³/mol. The number of hydrogen-bond acceptors (Lipinski definition) is 6. The van der Waals surface area contributed by atoms with Gasteiger partial charge in [-0.1, -0.05) is 0 Å². The molecule has 1 aliphatic heterocycles. The average Bonchev–Trinajstić information content (AvgIpc) is 2.46. The van der Waals surface area contributed by atoms with Crippen LogP contribution < -0.4 is 15.4 Å². The number of rotatable bonds is 2. The molecule has 1 aliphatic rings. The lowest BCUT2D eigenvalue weighted by Gasteiger charge is -2.21. The highest BCUT2D eigenvalue weighted by Crippen LogP contribution is 2.34. The fourth-order valence-electron chi connectivity index (χ4n) is 1.88. The van der Waals surface area contributed by atoms with Gasteiger partial charge in [0.2, 0.25) is 0 Å². The zero-order chi connectivity index (χ0) is 15.4. The van der Waals surface area contributed by atoms with Crippen molar-refractivity contribution in [3.8, 4) is 24.0 Å². The molecule has 1 amide bonds. The zero-order valence-corrected chi connectivity index (χ0v) is 11.0. The van der Waals surface area contributed by atoms with E-state index < -0.39 is 0 Å². The highest BCUT2D eigenvalue weighted by Gasteiger charge is 2.19. The predicted octanol–water partition coefficient (Wildman–Crippen LogP) is 1.56. The van der Waals surface area contributed by atoms with E-state index in [1.165, 1.54) is 0 Å². The van der Waals surface area contributed by atoms with E-state index in [1.807, 2.05) is 0 Å². The molecule has 1 aromatic carbocycles. The van der Waals surface area contributed by atoms with Gasteiger partial charge in [-0.25, -0.2) is 0 Å². The minimum absolute atomic E-state index is 0.0447. The summed E-state index contributed by atoms with van der Waals surface area (Å²) in [6, 6.07) is 8.32. The van der Waals surface area contributed by atoms with Crippen LogP contribution in [0.5, 0.6) is 5.75 Å². The molecular formula is C14H9N5O2. The number of hydrogen-bond donors (Lipinski definition) is 2. The summed E-state index contributed by atoms with van der Waals surface area (Å²) in [6.07, 6.45) is 0. The second-order valence-electron chi connectivity index (χ2n) is 4.22. The number of allylic oxidation sites excluding steroid dienone is 2. The molecule has 0 saturated heterocycles. The molecule has 0 bridgehead atoms. The van der Waals surface area contributed by atoms with Crippen LogP contribution in [-0.2, 0) is 4.79 Å². The van der Waals surface area contributed by atoms with Gasteiger partial charge in [-0.3, -0.25) is 4.79 Å². The fourth-order valence-corrected chi connectivity index (χ4v) is 1.88. The van der Waals surface area contributed by atoms with Crippen LogP contribution in [0.15, 0.2) is 23.4 Å². The van der Waals surface area contributed by atoms with Gasteiger partial charge in [-0.2, -0.15) is 15.8 Å². The van der Waals surface area contributed by atoms with Crippen LogP contribution in [0.25, 0.3) is 0 Å². The number of nitriles is 3. The largest absolute Gasteiger partial charge is 0.481 e. The first-order valence-corrected chi connectivity index (χ1v) is 5.88. The molecule has 0 radical (unpaired) electrons. The Labute approximate surface area is 120 Å². The zero-order valence-electron chi connectivity index (χ0n) is 11.0. The molecule has 0 saturated carbocycles. The van der Waals surface area contributed by atoms with E-state index in [0.29, 0.717) is 17.1 Å². The Morgan fingerprint density at radius 3 is 2.62 bits per heavy atom. The standard InChI is InChI=1S/C14H9N5O2/c1-8-2-10(18-12(6-17)9(4-15)5-16)3-11-14(8)21-7-13(20)19-11/h2-3,18H,7H2,1H3,(H,19,20). The molecule has 0 atom stereocenters. The maximum atomic E-state index is 11.3. The summed E-state index contributed by atoms with van der Waals surface area (Å²) in [5.74, 6) is 0.285. The van der Waals surface area contributed by atoms with Crippen molar-refractivity contribution in [2.75, 3.05) is 17.2 Å². The summed E-state index contributed by atoms with van der Waals surface area (Å²) in [6.45, 7) is 1.74. The summed E-state index contributed by atoms with van der Waals surface area (Å²) in [7, 11) is 0. The summed E-state index contributed by atoms with van der Waals surface area (Å²) in [5, 5.41) is 31.9. The van der Waals surface area contributed by atoms with Crippen LogP contribution >= 0.6 is 0 Å². The maximum Gasteiger partial charge on any atom is 0.262 e. The minimum atomic E-state index is -0.312. The van der Waals surface area contributed by atoms with Crippen molar-refractivity contribution >= 4 is 17.3 Å². The maximum absolute atomic E-state index is 11.3. The van der Waals surface area contributed by atoms with E-state index in [9.17, 15) is 4.79 Å². The van der Waals surface area contributed by atoms with Gasteiger partial charge in [0.15, 0.2) is 12.2 Å². The van der Waals surface area contributed by atoms with Crippen LogP contribution in [0.2, 0.25) is 0 Å². The molecule has 0 spiro atoms. The third-order valence-corrected chi connectivity index (χ3v) is 2.75. The molecule has 2 rings (SSSR count).